The Balaban J connectivity index is 1.32. The molecule has 1 saturated heterocycles. The maximum absolute atomic E-state index is 12.5. The standard InChI is InChI=1S/C26H34N6O/c1-18-22(9-10-26(33)29-21-6-3-4-7-21)19(2)32-25(28-18)16-23(30-32)24-8-5-15-31(24)17-20-11-13-27-14-12-20/h11-14,16,21,24H,3-10,15,17H2,1-2H3,(H,29,33). The summed E-state index contributed by atoms with van der Waals surface area (Å²) in [6.07, 6.45) is 11.9. The number of aromatic nitrogens is 4. The summed E-state index contributed by atoms with van der Waals surface area (Å²) in [5.41, 5.74) is 6.50. The van der Waals surface area contributed by atoms with Crippen LogP contribution in [0.25, 0.3) is 5.65 Å². The van der Waals surface area contributed by atoms with E-state index in [0.29, 0.717) is 24.9 Å². The van der Waals surface area contributed by atoms with Gasteiger partial charge >= 0.3 is 0 Å². The summed E-state index contributed by atoms with van der Waals surface area (Å²) in [5, 5.41) is 8.20. The Bertz CT molecular complexity index is 1120. The maximum atomic E-state index is 12.5. The Morgan fingerprint density at radius 1 is 1.12 bits per heavy atom. The molecule has 7 nitrogen and oxygen atoms in total. The average molecular weight is 447 g/mol. The van der Waals surface area contributed by atoms with Crippen LogP contribution in [-0.2, 0) is 17.8 Å². The molecule has 1 aliphatic heterocycles. The van der Waals surface area contributed by atoms with Gasteiger partial charge in [-0.2, -0.15) is 5.10 Å². The predicted molar refractivity (Wildman–Crippen MR) is 128 cm³/mol. The second kappa shape index (κ2) is 9.59. The molecular formula is C26H34N6O. The van der Waals surface area contributed by atoms with Gasteiger partial charge in [0, 0.05) is 48.9 Å². The summed E-state index contributed by atoms with van der Waals surface area (Å²) in [5.74, 6) is 0.152. The van der Waals surface area contributed by atoms with Gasteiger partial charge in [-0.15, -0.1) is 0 Å². The van der Waals surface area contributed by atoms with Crippen molar-refractivity contribution in [2.24, 2.45) is 0 Å². The minimum Gasteiger partial charge on any atom is -0.353 e. The molecule has 2 fully saturated rings. The molecule has 4 heterocycles. The summed E-state index contributed by atoms with van der Waals surface area (Å²) >= 11 is 0. The summed E-state index contributed by atoms with van der Waals surface area (Å²) in [7, 11) is 0. The van der Waals surface area contributed by atoms with E-state index >= 15 is 0 Å². The van der Waals surface area contributed by atoms with Crippen molar-refractivity contribution >= 4 is 11.6 Å². The number of hydrogen-bond donors (Lipinski definition) is 1. The van der Waals surface area contributed by atoms with Crippen LogP contribution < -0.4 is 5.32 Å². The normalized spacial score (nSPS) is 19.5. The monoisotopic (exact) mass is 446 g/mol. The second-order valence-electron chi connectivity index (χ2n) is 9.63. The SMILES string of the molecule is Cc1nc2cc(C3CCCN3Cc3ccncc3)nn2c(C)c1CCC(=O)NC1CCCC1. The van der Waals surface area contributed by atoms with E-state index in [4.69, 9.17) is 10.1 Å². The minimum atomic E-state index is 0.152. The zero-order valence-corrected chi connectivity index (χ0v) is 19.8. The van der Waals surface area contributed by atoms with E-state index in [2.05, 4.69) is 47.2 Å². The summed E-state index contributed by atoms with van der Waals surface area (Å²) in [6, 6.07) is 6.99. The van der Waals surface area contributed by atoms with Crippen molar-refractivity contribution in [1.29, 1.82) is 0 Å². The molecule has 1 unspecified atom stereocenters. The molecule has 0 spiro atoms. The summed E-state index contributed by atoms with van der Waals surface area (Å²) in [6.45, 7) is 6.14. The average Bonchev–Trinajstić information content (AvgIpc) is 3.55. The third-order valence-corrected chi connectivity index (χ3v) is 7.35. The number of nitrogens with zero attached hydrogens (tertiary/aromatic N) is 5. The second-order valence-corrected chi connectivity index (χ2v) is 9.63. The first kappa shape index (κ1) is 22.0. The number of nitrogens with one attached hydrogen (secondary N) is 1. The lowest BCUT2D eigenvalue weighted by molar-refractivity contribution is -0.121. The van der Waals surface area contributed by atoms with Gasteiger partial charge in [0.25, 0.3) is 0 Å². The number of aryl methyl sites for hydroxylation is 2. The first-order chi connectivity index (χ1) is 16.1. The van der Waals surface area contributed by atoms with E-state index in [1.165, 1.54) is 24.8 Å². The Hall–Kier alpha value is -2.80. The van der Waals surface area contributed by atoms with Crippen molar-refractivity contribution in [3.05, 3.63) is 58.8 Å². The Kier molecular flexibility index (Phi) is 6.40. The lowest BCUT2D eigenvalue weighted by Crippen LogP contribution is -2.32. The van der Waals surface area contributed by atoms with Crippen LogP contribution in [0, 0.1) is 13.8 Å². The molecule has 1 aliphatic carbocycles. The van der Waals surface area contributed by atoms with Gasteiger partial charge in [0.05, 0.1) is 11.7 Å². The molecule has 7 heteroatoms. The fourth-order valence-corrected chi connectivity index (χ4v) is 5.55. The molecule has 2 aliphatic rings. The molecular weight excluding hydrogens is 412 g/mol. The number of carbonyl (C=O) groups is 1. The van der Waals surface area contributed by atoms with Crippen molar-refractivity contribution in [3.8, 4) is 0 Å². The fraction of sp³-hybridized carbons (Fsp3) is 0.538. The van der Waals surface area contributed by atoms with Crippen LogP contribution in [-0.4, -0.2) is 43.0 Å². The van der Waals surface area contributed by atoms with Gasteiger partial charge in [0.1, 0.15) is 0 Å². The number of hydrogen-bond acceptors (Lipinski definition) is 5. The Morgan fingerprint density at radius 3 is 2.70 bits per heavy atom. The molecule has 1 N–H and O–H groups in total. The first-order valence-corrected chi connectivity index (χ1v) is 12.4. The highest BCUT2D eigenvalue weighted by Gasteiger charge is 2.29. The molecule has 174 valence electrons. The number of pyridine rings is 1. The van der Waals surface area contributed by atoms with Gasteiger partial charge in [0.15, 0.2) is 5.65 Å². The van der Waals surface area contributed by atoms with Crippen molar-refractivity contribution in [2.45, 2.75) is 83.8 Å². The highest BCUT2D eigenvalue weighted by atomic mass is 16.1. The van der Waals surface area contributed by atoms with Gasteiger partial charge in [-0.1, -0.05) is 12.8 Å². The van der Waals surface area contributed by atoms with Crippen LogP contribution >= 0.6 is 0 Å². The van der Waals surface area contributed by atoms with Crippen LogP contribution in [0.1, 0.15) is 79.2 Å². The van der Waals surface area contributed by atoms with Gasteiger partial charge in [-0.25, -0.2) is 9.50 Å². The first-order valence-electron chi connectivity index (χ1n) is 12.4. The summed E-state index contributed by atoms with van der Waals surface area (Å²) < 4.78 is 1.98. The number of likely N-dealkylation sites (tertiary alicyclic amines) is 1. The van der Waals surface area contributed by atoms with Crippen molar-refractivity contribution < 1.29 is 4.79 Å². The van der Waals surface area contributed by atoms with Crippen LogP contribution in [0.3, 0.4) is 0 Å². The molecule has 0 aromatic carbocycles. The van der Waals surface area contributed by atoms with Gasteiger partial charge in [0.2, 0.25) is 5.91 Å². The van der Waals surface area contributed by atoms with Crippen LogP contribution in [0.15, 0.2) is 30.6 Å². The molecule has 33 heavy (non-hydrogen) atoms. The molecule has 3 aromatic heterocycles. The Morgan fingerprint density at radius 2 is 1.91 bits per heavy atom. The van der Waals surface area contributed by atoms with E-state index < -0.39 is 0 Å². The van der Waals surface area contributed by atoms with E-state index in [1.807, 2.05) is 16.9 Å². The molecule has 3 aromatic rings. The predicted octanol–water partition coefficient (Wildman–Crippen LogP) is 4.07. The lowest BCUT2D eigenvalue weighted by Gasteiger charge is -2.22. The number of amides is 1. The van der Waals surface area contributed by atoms with E-state index in [-0.39, 0.29) is 5.91 Å². The maximum Gasteiger partial charge on any atom is 0.220 e. The van der Waals surface area contributed by atoms with Gasteiger partial charge in [-0.05, 0) is 75.8 Å². The number of carbonyl (C=O) groups excluding carboxylic acids is 1. The molecule has 1 atom stereocenters. The largest absolute Gasteiger partial charge is 0.353 e. The molecule has 5 rings (SSSR count). The van der Waals surface area contributed by atoms with Gasteiger partial charge in [-0.3, -0.25) is 14.7 Å². The topological polar surface area (TPSA) is 75.4 Å². The molecule has 0 bridgehead atoms. The zero-order chi connectivity index (χ0) is 22.8. The smallest absolute Gasteiger partial charge is 0.220 e. The molecule has 0 radical (unpaired) electrons. The number of rotatable bonds is 7. The van der Waals surface area contributed by atoms with Crippen LogP contribution in [0.4, 0.5) is 0 Å². The van der Waals surface area contributed by atoms with E-state index in [9.17, 15) is 4.79 Å². The quantitative estimate of drug-likeness (QED) is 0.592. The van der Waals surface area contributed by atoms with E-state index in [0.717, 1.165) is 60.6 Å². The molecule has 1 amide bonds. The zero-order valence-electron chi connectivity index (χ0n) is 19.8. The molecule has 1 saturated carbocycles. The highest BCUT2D eigenvalue weighted by Crippen LogP contribution is 2.33. The fourth-order valence-electron chi connectivity index (χ4n) is 5.55. The van der Waals surface area contributed by atoms with Gasteiger partial charge < -0.3 is 5.32 Å². The summed E-state index contributed by atoms with van der Waals surface area (Å²) in [4.78, 5) is 24.0. The minimum absolute atomic E-state index is 0.152. The van der Waals surface area contributed by atoms with Crippen molar-refractivity contribution in [1.82, 2.24) is 29.8 Å². The van der Waals surface area contributed by atoms with Crippen LogP contribution in [0.2, 0.25) is 0 Å². The van der Waals surface area contributed by atoms with Crippen LogP contribution in [0.5, 0.6) is 0 Å². The third kappa shape index (κ3) is 4.78. The van der Waals surface area contributed by atoms with Crippen molar-refractivity contribution in [3.63, 3.8) is 0 Å². The van der Waals surface area contributed by atoms with E-state index in [1.54, 1.807) is 0 Å². The highest BCUT2D eigenvalue weighted by molar-refractivity contribution is 5.76. The third-order valence-electron chi connectivity index (χ3n) is 7.35. The lowest BCUT2D eigenvalue weighted by atomic mass is 10.1. The number of fused-ring (bicyclic) bond motifs is 1. The van der Waals surface area contributed by atoms with Crippen molar-refractivity contribution in [2.75, 3.05) is 6.54 Å². The Labute approximate surface area is 195 Å².